The Kier molecular flexibility index (Phi) is 6.24. The van der Waals surface area contributed by atoms with Crippen molar-refractivity contribution in [2.45, 2.75) is 36.9 Å². The largest absolute Gasteiger partial charge is 0.393 e. The van der Waals surface area contributed by atoms with E-state index in [-0.39, 0.29) is 42.3 Å². The van der Waals surface area contributed by atoms with Gasteiger partial charge in [0.2, 0.25) is 10.9 Å². The van der Waals surface area contributed by atoms with Gasteiger partial charge in [-0.1, -0.05) is 0 Å². The minimum Gasteiger partial charge on any atom is -0.393 e. The molecule has 1 aliphatic carbocycles. The van der Waals surface area contributed by atoms with Gasteiger partial charge in [0.1, 0.15) is 5.82 Å². The lowest BCUT2D eigenvalue weighted by Crippen LogP contribution is -2.55. The van der Waals surface area contributed by atoms with E-state index in [1.807, 2.05) is 19.1 Å². The Hall–Kier alpha value is -3.68. The molecule has 4 aromatic rings. The average Bonchev–Trinajstić information content (AvgIpc) is 3.52. The predicted octanol–water partition coefficient (Wildman–Crippen LogP) is 1.95. The van der Waals surface area contributed by atoms with Crippen molar-refractivity contribution < 1.29 is 22.7 Å². The highest BCUT2D eigenvalue weighted by Gasteiger charge is 2.43. The van der Waals surface area contributed by atoms with E-state index in [0.29, 0.717) is 18.5 Å². The van der Waals surface area contributed by atoms with E-state index in [4.69, 9.17) is 0 Å². The third-order valence-electron chi connectivity index (χ3n) is 7.66. The molecule has 0 bridgehead atoms. The van der Waals surface area contributed by atoms with Crippen LogP contribution in [0.3, 0.4) is 0 Å². The number of halogens is 1. The number of amides is 1. The maximum Gasteiger partial charge on any atom is 0.264 e. The second-order valence-electron chi connectivity index (χ2n) is 10.2. The Morgan fingerprint density at radius 2 is 1.82 bits per heavy atom. The van der Waals surface area contributed by atoms with Gasteiger partial charge in [0, 0.05) is 38.0 Å². The molecule has 0 radical (unpaired) electrons. The summed E-state index contributed by atoms with van der Waals surface area (Å²) in [6, 6.07) is 9.39. The first-order chi connectivity index (χ1) is 18.6. The lowest BCUT2D eigenvalue weighted by atomic mass is 9.80. The van der Waals surface area contributed by atoms with Gasteiger partial charge in [-0.25, -0.2) is 17.5 Å². The summed E-state index contributed by atoms with van der Waals surface area (Å²) in [6.07, 6.45) is 3.26. The molecule has 6 rings (SSSR count). The summed E-state index contributed by atoms with van der Waals surface area (Å²) in [5.41, 5.74) is 3.19. The molecule has 13 heteroatoms. The van der Waals surface area contributed by atoms with Crippen LogP contribution in [0.5, 0.6) is 0 Å². The molecule has 1 aliphatic heterocycles. The van der Waals surface area contributed by atoms with Crippen LogP contribution in [0.2, 0.25) is 0 Å². The number of carbonyl (C=O) groups excluding carboxylic acids is 1. The lowest BCUT2D eigenvalue weighted by Gasteiger charge is -2.44. The Bertz CT molecular complexity index is 1660. The van der Waals surface area contributed by atoms with E-state index in [2.05, 4.69) is 15.3 Å². The van der Waals surface area contributed by atoms with Crippen molar-refractivity contribution in [3.8, 4) is 5.69 Å². The highest BCUT2D eigenvalue weighted by molar-refractivity contribution is 7.89. The highest BCUT2D eigenvalue weighted by Crippen LogP contribution is 2.37. The summed E-state index contributed by atoms with van der Waals surface area (Å²) < 4.78 is 43.4. The molecule has 0 unspecified atom stereocenters. The van der Waals surface area contributed by atoms with Crippen LogP contribution in [0.25, 0.3) is 16.6 Å². The van der Waals surface area contributed by atoms with Gasteiger partial charge in [0.25, 0.3) is 10.0 Å². The summed E-state index contributed by atoms with van der Waals surface area (Å²) in [5.74, 6) is -0.699. The van der Waals surface area contributed by atoms with Crippen LogP contribution in [-0.4, -0.2) is 79.1 Å². The second kappa shape index (κ2) is 9.50. The molecule has 2 aromatic carbocycles. The average molecular weight is 554 g/mol. The molecule has 11 nitrogen and oxygen atoms in total. The van der Waals surface area contributed by atoms with Crippen molar-refractivity contribution in [2.24, 2.45) is 13.0 Å². The van der Waals surface area contributed by atoms with Crippen molar-refractivity contribution in [3.05, 3.63) is 65.7 Å². The molecule has 204 valence electrons. The minimum absolute atomic E-state index is 0.0539. The first-order valence-corrected chi connectivity index (χ1v) is 14.1. The van der Waals surface area contributed by atoms with Gasteiger partial charge >= 0.3 is 0 Å². The molecule has 1 atom stereocenters. The Morgan fingerprint density at radius 3 is 2.49 bits per heavy atom. The maximum atomic E-state index is 13.5. The molecule has 1 N–H and O–H groups in total. The van der Waals surface area contributed by atoms with Gasteiger partial charge in [-0.05, 0) is 67.3 Å². The van der Waals surface area contributed by atoms with Gasteiger partial charge in [-0.2, -0.15) is 19.3 Å². The molecule has 2 fully saturated rings. The summed E-state index contributed by atoms with van der Waals surface area (Å²) in [7, 11) is -2.38. The molecule has 39 heavy (non-hydrogen) atoms. The monoisotopic (exact) mass is 553 g/mol. The number of rotatable bonds is 5. The highest BCUT2D eigenvalue weighted by atomic mass is 32.2. The number of aliphatic hydroxyl groups is 1. The Labute approximate surface area is 224 Å². The third-order valence-corrected chi connectivity index (χ3v) is 9.38. The fraction of sp³-hybridized carbons (Fsp3) is 0.385. The molecule has 3 heterocycles. The predicted molar refractivity (Wildman–Crippen MR) is 139 cm³/mol. The minimum atomic E-state index is -3.93. The number of piperazine rings is 1. The smallest absolute Gasteiger partial charge is 0.264 e. The molecule has 1 saturated heterocycles. The molecule has 1 amide bonds. The number of aliphatic hydroxyl groups excluding tert-OH is 1. The summed E-state index contributed by atoms with van der Waals surface area (Å²) >= 11 is 0. The number of aryl methyl sites for hydroxylation is 2. The normalized spacial score (nSPS) is 22.3. The van der Waals surface area contributed by atoms with Crippen LogP contribution in [0.4, 0.5) is 4.39 Å². The molecular weight excluding hydrogens is 525 g/mol. The number of hydrogen-bond donors (Lipinski definition) is 1. The number of aromatic nitrogens is 5. The quantitative estimate of drug-likeness (QED) is 0.400. The maximum absolute atomic E-state index is 13.5. The van der Waals surface area contributed by atoms with Crippen LogP contribution >= 0.6 is 0 Å². The van der Waals surface area contributed by atoms with E-state index in [1.165, 1.54) is 27.4 Å². The van der Waals surface area contributed by atoms with Crippen LogP contribution in [0, 0.1) is 18.7 Å². The number of hydrogen-bond acceptors (Lipinski definition) is 7. The SMILES string of the molecule is Cc1cc2c(cnn2-c2ccc(F)cc2)cc1[C@@H]1CN(S(=O)(=O)c2cnn(C)n2)CCN1C(=O)C1CC(O)C1. The zero-order chi connectivity index (χ0) is 27.5. The summed E-state index contributed by atoms with van der Waals surface area (Å²) in [6.45, 7) is 2.31. The standard InChI is InChI=1S/C26H28FN7O4S/c1-16-9-23-18(13-29-34(23)20-5-3-19(27)4-6-20)12-22(16)24-15-32(39(37,38)25-14-28-31(2)30-25)7-8-33(24)26(36)17-10-21(35)11-17/h3-6,9,12-14,17,21,24,35H,7-8,10-11,15H2,1-2H3/t17?,21?,24-/m0/s1. The van der Waals surface area contributed by atoms with Crippen LogP contribution in [0.15, 0.2) is 53.8 Å². The topological polar surface area (TPSA) is 126 Å². The molecule has 0 spiro atoms. The zero-order valence-corrected chi connectivity index (χ0v) is 22.3. The van der Waals surface area contributed by atoms with Crippen LogP contribution in [-0.2, 0) is 21.9 Å². The van der Waals surface area contributed by atoms with E-state index in [9.17, 15) is 22.7 Å². The molecule has 2 aliphatic rings. The van der Waals surface area contributed by atoms with Crippen molar-refractivity contribution in [1.29, 1.82) is 0 Å². The second-order valence-corrected chi connectivity index (χ2v) is 12.1. The van der Waals surface area contributed by atoms with E-state index in [1.54, 1.807) is 35.0 Å². The van der Waals surface area contributed by atoms with Crippen molar-refractivity contribution in [1.82, 2.24) is 34.0 Å². The first kappa shape index (κ1) is 25.6. The van der Waals surface area contributed by atoms with Crippen molar-refractivity contribution in [3.63, 3.8) is 0 Å². The third kappa shape index (κ3) is 4.49. The first-order valence-electron chi connectivity index (χ1n) is 12.7. The number of benzene rings is 2. The number of fused-ring (bicyclic) bond motifs is 1. The van der Waals surface area contributed by atoms with E-state index in [0.717, 1.165) is 22.0 Å². The van der Waals surface area contributed by atoms with Gasteiger partial charge in [0.05, 0.1) is 35.7 Å². The molecule has 2 aromatic heterocycles. The van der Waals surface area contributed by atoms with Gasteiger partial charge in [-0.15, -0.1) is 5.10 Å². The van der Waals surface area contributed by atoms with Crippen LogP contribution in [0.1, 0.15) is 30.0 Å². The molecule has 1 saturated carbocycles. The Balaban J connectivity index is 1.39. The number of carbonyl (C=O) groups is 1. The number of nitrogens with zero attached hydrogens (tertiary/aromatic N) is 7. The van der Waals surface area contributed by atoms with Gasteiger partial charge in [-0.3, -0.25) is 4.79 Å². The lowest BCUT2D eigenvalue weighted by molar-refractivity contribution is -0.146. The van der Waals surface area contributed by atoms with Gasteiger partial charge in [0.15, 0.2) is 0 Å². The van der Waals surface area contributed by atoms with E-state index < -0.39 is 22.2 Å². The van der Waals surface area contributed by atoms with Crippen molar-refractivity contribution in [2.75, 3.05) is 19.6 Å². The summed E-state index contributed by atoms with van der Waals surface area (Å²) in [4.78, 5) is 16.5. The number of sulfonamides is 1. The fourth-order valence-electron chi connectivity index (χ4n) is 5.45. The summed E-state index contributed by atoms with van der Waals surface area (Å²) in [5, 5.41) is 22.9. The molecular formula is C26H28FN7O4S. The Morgan fingerprint density at radius 1 is 1.08 bits per heavy atom. The van der Waals surface area contributed by atoms with E-state index >= 15 is 0 Å². The van der Waals surface area contributed by atoms with Gasteiger partial charge < -0.3 is 10.0 Å². The zero-order valence-electron chi connectivity index (χ0n) is 21.5. The van der Waals surface area contributed by atoms with Crippen LogP contribution < -0.4 is 0 Å². The van der Waals surface area contributed by atoms with Crippen molar-refractivity contribution >= 4 is 26.8 Å². The fourth-order valence-corrected chi connectivity index (χ4v) is 6.78.